The largest absolute Gasteiger partial charge is 0.507 e. The molecule has 23 heavy (non-hydrogen) atoms. The summed E-state index contributed by atoms with van der Waals surface area (Å²) >= 11 is 5.99. The standard InChI is InChI=1S/C7H3BrN2O3.C7H4BrNO/c8-5-1-4(3-9)2-6(7(5)11)10(12)13;8-6-3-5(4-9)1-2-7(6)10/h1-2,11H;1-3,10H. The molecule has 2 N–H and O–H groups in total. The van der Waals surface area contributed by atoms with Crippen molar-refractivity contribution in [2.75, 3.05) is 0 Å². The molecule has 0 fully saturated rings. The van der Waals surface area contributed by atoms with E-state index in [9.17, 15) is 15.2 Å². The third-order valence-corrected chi connectivity index (χ3v) is 3.69. The highest BCUT2D eigenvalue weighted by atomic mass is 79.9. The highest BCUT2D eigenvalue weighted by Crippen LogP contribution is 2.34. The second kappa shape index (κ2) is 8.13. The first-order chi connectivity index (χ1) is 10.8. The highest BCUT2D eigenvalue weighted by molar-refractivity contribution is 9.10. The van der Waals surface area contributed by atoms with E-state index in [0.29, 0.717) is 10.0 Å². The summed E-state index contributed by atoms with van der Waals surface area (Å²) in [7, 11) is 0. The van der Waals surface area contributed by atoms with Gasteiger partial charge in [0.05, 0.1) is 37.1 Å². The number of nitrogens with zero attached hydrogens (tertiary/aromatic N) is 3. The number of halogens is 2. The van der Waals surface area contributed by atoms with Crippen molar-refractivity contribution >= 4 is 37.5 Å². The van der Waals surface area contributed by atoms with Crippen molar-refractivity contribution in [2.45, 2.75) is 0 Å². The van der Waals surface area contributed by atoms with Crippen molar-refractivity contribution < 1.29 is 15.1 Å². The Balaban J connectivity index is 0.000000238. The maximum atomic E-state index is 10.4. The number of aromatic hydroxyl groups is 2. The molecule has 0 saturated carbocycles. The second-order valence-electron chi connectivity index (χ2n) is 3.97. The maximum Gasteiger partial charge on any atom is 0.313 e. The second-order valence-corrected chi connectivity index (χ2v) is 5.68. The number of nitriles is 2. The van der Waals surface area contributed by atoms with E-state index in [0.717, 1.165) is 6.07 Å². The Morgan fingerprint density at radius 2 is 1.57 bits per heavy atom. The van der Waals surface area contributed by atoms with Crippen molar-refractivity contribution in [1.82, 2.24) is 0 Å². The van der Waals surface area contributed by atoms with Crippen molar-refractivity contribution in [2.24, 2.45) is 0 Å². The van der Waals surface area contributed by atoms with Crippen LogP contribution < -0.4 is 0 Å². The van der Waals surface area contributed by atoms with Gasteiger partial charge in [-0.1, -0.05) is 0 Å². The third kappa shape index (κ3) is 4.95. The van der Waals surface area contributed by atoms with Gasteiger partial charge in [-0.05, 0) is 56.1 Å². The minimum Gasteiger partial charge on any atom is -0.507 e. The van der Waals surface area contributed by atoms with E-state index >= 15 is 0 Å². The number of hydrogen-bond acceptors (Lipinski definition) is 6. The Kier molecular flexibility index (Phi) is 6.51. The summed E-state index contributed by atoms with van der Waals surface area (Å²) in [5.41, 5.74) is 0.173. The fourth-order valence-electron chi connectivity index (χ4n) is 1.36. The molecule has 0 aliphatic rings. The first-order valence-electron chi connectivity index (χ1n) is 5.75. The molecule has 0 amide bonds. The van der Waals surface area contributed by atoms with Crippen LogP contribution in [0, 0.1) is 32.8 Å². The number of rotatable bonds is 1. The van der Waals surface area contributed by atoms with Crippen LogP contribution >= 0.6 is 31.9 Å². The first kappa shape index (κ1) is 18.4. The number of nitro groups is 1. The summed E-state index contributed by atoms with van der Waals surface area (Å²) in [6.07, 6.45) is 0. The molecule has 7 nitrogen and oxygen atoms in total. The smallest absolute Gasteiger partial charge is 0.313 e. The summed E-state index contributed by atoms with van der Waals surface area (Å²) in [5, 5.41) is 45.4. The Labute approximate surface area is 147 Å². The molecule has 9 heteroatoms. The zero-order chi connectivity index (χ0) is 17.6. The quantitative estimate of drug-likeness (QED) is 0.509. The van der Waals surface area contributed by atoms with E-state index in [2.05, 4.69) is 31.9 Å². The summed E-state index contributed by atoms with van der Waals surface area (Å²) in [4.78, 5) is 9.61. The zero-order valence-corrected chi connectivity index (χ0v) is 14.4. The van der Waals surface area contributed by atoms with Gasteiger partial charge < -0.3 is 10.2 Å². The lowest BCUT2D eigenvalue weighted by atomic mass is 10.2. The Morgan fingerprint density at radius 1 is 1.00 bits per heavy atom. The van der Waals surface area contributed by atoms with Crippen molar-refractivity contribution in [3.63, 3.8) is 0 Å². The Bertz CT molecular complexity index is 841. The molecule has 0 spiro atoms. The monoisotopic (exact) mass is 439 g/mol. The van der Waals surface area contributed by atoms with Gasteiger partial charge in [0.15, 0.2) is 0 Å². The normalized spacial score (nSPS) is 9.04. The summed E-state index contributed by atoms with van der Waals surface area (Å²) in [6, 6.07) is 10.6. The topological polar surface area (TPSA) is 131 Å². The minimum absolute atomic E-state index is 0.122. The third-order valence-electron chi connectivity index (χ3n) is 2.45. The number of hydrogen-bond donors (Lipinski definition) is 2. The van der Waals surface area contributed by atoms with Crippen LogP contribution in [0.1, 0.15) is 11.1 Å². The van der Waals surface area contributed by atoms with Gasteiger partial charge >= 0.3 is 5.69 Å². The molecule has 0 unspecified atom stereocenters. The fraction of sp³-hybridized carbons (Fsp3) is 0. The average Bonchev–Trinajstić information content (AvgIpc) is 2.52. The van der Waals surface area contributed by atoms with E-state index in [-0.39, 0.29) is 15.8 Å². The summed E-state index contributed by atoms with van der Waals surface area (Å²) in [5.74, 6) is -0.317. The average molecular weight is 441 g/mol. The molecule has 0 atom stereocenters. The van der Waals surface area contributed by atoms with Gasteiger partial charge in [0.2, 0.25) is 5.75 Å². The molecule has 2 rings (SSSR count). The van der Waals surface area contributed by atoms with E-state index in [4.69, 9.17) is 15.6 Å². The molecule has 2 aromatic rings. The molecule has 0 aromatic heterocycles. The summed E-state index contributed by atoms with van der Waals surface area (Å²) < 4.78 is 0.685. The molecule has 2 aromatic carbocycles. The predicted molar refractivity (Wildman–Crippen MR) is 87.7 cm³/mol. The van der Waals surface area contributed by atoms with Gasteiger partial charge in [-0.15, -0.1) is 0 Å². The molecule has 116 valence electrons. The summed E-state index contributed by atoms with van der Waals surface area (Å²) in [6.45, 7) is 0. The van der Waals surface area contributed by atoms with Crippen molar-refractivity contribution in [3.8, 4) is 23.6 Å². The number of phenols is 2. The van der Waals surface area contributed by atoms with Crippen LogP contribution in [0.25, 0.3) is 0 Å². The van der Waals surface area contributed by atoms with Crippen LogP contribution in [0.3, 0.4) is 0 Å². The Morgan fingerprint density at radius 3 is 2.04 bits per heavy atom. The van der Waals surface area contributed by atoms with Crippen molar-refractivity contribution in [3.05, 3.63) is 60.5 Å². The van der Waals surface area contributed by atoms with Gasteiger partial charge in [0.1, 0.15) is 5.75 Å². The highest BCUT2D eigenvalue weighted by Gasteiger charge is 2.17. The van der Waals surface area contributed by atoms with Gasteiger partial charge in [-0.25, -0.2) is 0 Å². The SMILES string of the molecule is N#Cc1cc(Br)c(O)c([N+](=O)[O-])c1.N#Cc1ccc(O)c(Br)c1. The molecule has 0 heterocycles. The van der Waals surface area contributed by atoms with E-state index < -0.39 is 16.4 Å². The van der Waals surface area contributed by atoms with Crippen LogP contribution in [0.15, 0.2) is 39.3 Å². The number of phenolic OH excluding ortho intramolecular Hbond substituents is 2. The molecule has 0 aliphatic heterocycles. The van der Waals surface area contributed by atoms with Gasteiger partial charge in [-0.2, -0.15) is 10.5 Å². The van der Waals surface area contributed by atoms with Crippen LogP contribution in [-0.2, 0) is 0 Å². The maximum absolute atomic E-state index is 10.4. The van der Waals surface area contributed by atoms with E-state index in [1.165, 1.54) is 12.1 Å². The predicted octanol–water partition coefficient (Wildman–Crippen LogP) is 3.96. The van der Waals surface area contributed by atoms with Gasteiger partial charge in [-0.3, -0.25) is 10.1 Å². The zero-order valence-electron chi connectivity index (χ0n) is 11.2. The molecule has 0 radical (unpaired) electrons. The number of benzene rings is 2. The lowest BCUT2D eigenvalue weighted by molar-refractivity contribution is -0.386. The van der Waals surface area contributed by atoms with Crippen molar-refractivity contribution in [1.29, 1.82) is 10.5 Å². The number of nitro benzene ring substituents is 1. The van der Waals surface area contributed by atoms with Gasteiger partial charge in [0, 0.05) is 6.07 Å². The van der Waals surface area contributed by atoms with Crippen LogP contribution in [-0.4, -0.2) is 15.1 Å². The molecule has 0 saturated heterocycles. The van der Waals surface area contributed by atoms with E-state index in [1.54, 1.807) is 18.2 Å². The van der Waals surface area contributed by atoms with Crippen LogP contribution in [0.5, 0.6) is 11.5 Å². The minimum atomic E-state index is -0.749. The van der Waals surface area contributed by atoms with Gasteiger partial charge in [0.25, 0.3) is 0 Å². The molecule has 0 bridgehead atoms. The first-order valence-corrected chi connectivity index (χ1v) is 7.34. The van der Waals surface area contributed by atoms with Crippen LogP contribution in [0.2, 0.25) is 0 Å². The lowest BCUT2D eigenvalue weighted by Crippen LogP contribution is -1.90. The Hall–Kier alpha value is -2.62. The van der Waals surface area contributed by atoms with E-state index in [1.807, 2.05) is 6.07 Å². The molecular weight excluding hydrogens is 434 g/mol. The molecular formula is C14H7Br2N3O4. The molecule has 0 aliphatic carbocycles. The van der Waals surface area contributed by atoms with Crippen LogP contribution in [0.4, 0.5) is 5.69 Å². The fourth-order valence-corrected chi connectivity index (χ4v) is 2.19. The lowest BCUT2D eigenvalue weighted by Gasteiger charge is -1.98.